The summed E-state index contributed by atoms with van der Waals surface area (Å²) in [5, 5.41) is 10.3. The molecule has 0 saturated heterocycles. The van der Waals surface area contributed by atoms with Gasteiger partial charge in [0.05, 0.1) is 5.56 Å². The fraction of sp³-hybridized carbons (Fsp3) is 0.273. The highest BCUT2D eigenvalue weighted by molar-refractivity contribution is 6.33. The van der Waals surface area contributed by atoms with Crippen molar-refractivity contribution in [2.75, 3.05) is 5.32 Å². The van der Waals surface area contributed by atoms with Crippen molar-refractivity contribution in [3.05, 3.63) is 34.9 Å². The summed E-state index contributed by atoms with van der Waals surface area (Å²) in [5.74, 6) is 0.506. The lowest BCUT2D eigenvalue weighted by atomic mass is 10.3. The first-order valence-corrected chi connectivity index (χ1v) is 5.87. The van der Waals surface area contributed by atoms with Gasteiger partial charge < -0.3 is 4.42 Å². The fourth-order valence-electron chi connectivity index (χ4n) is 1.50. The minimum atomic E-state index is -0.418. The Morgan fingerprint density at radius 2 is 2.28 bits per heavy atom. The third-order valence-electron chi connectivity index (χ3n) is 2.59. The van der Waals surface area contributed by atoms with E-state index in [4.69, 9.17) is 16.0 Å². The monoisotopic (exact) mass is 264 g/mol. The molecule has 1 aliphatic carbocycles. The summed E-state index contributed by atoms with van der Waals surface area (Å²) in [6.45, 7) is 0. The van der Waals surface area contributed by atoms with Crippen molar-refractivity contribution >= 4 is 23.5 Å². The van der Waals surface area contributed by atoms with Gasteiger partial charge in [-0.2, -0.15) is 0 Å². The molecule has 6 nitrogen and oxygen atoms in total. The maximum Gasteiger partial charge on any atom is 0.322 e. The first-order chi connectivity index (χ1) is 8.74. The van der Waals surface area contributed by atoms with Crippen molar-refractivity contribution in [2.24, 2.45) is 0 Å². The summed E-state index contributed by atoms with van der Waals surface area (Å²) >= 11 is 5.81. The fourth-order valence-corrected chi connectivity index (χ4v) is 1.71. The van der Waals surface area contributed by atoms with E-state index in [1.54, 1.807) is 12.1 Å². The predicted octanol–water partition coefficient (Wildman–Crippen LogP) is 2.25. The third kappa shape index (κ3) is 2.19. The summed E-state index contributed by atoms with van der Waals surface area (Å²) in [4.78, 5) is 15.7. The Kier molecular flexibility index (Phi) is 2.71. The topological polar surface area (TPSA) is 80.9 Å². The Bertz CT molecular complexity index is 594. The van der Waals surface area contributed by atoms with Crippen LogP contribution in [0.4, 0.5) is 6.01 Å². The van der Waals surface area contributed by atoms with E-state index in [0.717, 1.165) is 12.8 Å². The minimum absolute atomic E-state index is 0.0850. The highest BCUT2D eigenvalue weighted by atomic mass is 35.5. The molecule has 2 heterocycles. The van der Waals surface area contributed by atoms with E-state index in [0.29, 0.717) is 11.8 Å². The van der Waals surface area contributed by atoms with Gasteiger partial charge in [0.1, 0.15) is 5.15 Å². The molecule has 1 amide bonds. The van der Waals surface area contributed by atoms with Crippen LogP contribution in [0.1, 0.15) is 35.0 Å². The number of amides is 1. The second-order valence-electron chi connectivity index (χ2n) is 4.02. The van der Waals surface area contributed by atoms with E-state index in [9.17, 15) is 4.79 Å². The highest BCUT2D eigenvalue weighted by Gasteiger charge is 2.29. The molecule has 1 N–H and O–H groups in total. The Balaban J connectivity index is 1.75. The molecule has 0 unspecified atom stereocenters. The van der Waals surface area contributed by atoms with Gasteiger partial charge in [-0.15, -0.1) is 5.10 Å². The Morgan fingerprint density at radius 3 is 3.00 bits per heavy atom. The summed E-state index contributed by atoms with van der Waals surface area (Å²) in [7, 11) is 0. The zero-order valence-corrected chi connectivity index (χ0v) is 10.0. The van der Waals surface area contributed by atoms with Gasteiger partial charge in [0, 0.05) is 12.1 Å². The molecular weight excluding hydrogens is 256 g/mol. The van der Waals surface area contributed by atoms with Crippen molar-refractivity contribution in [3.8, 4) is 0 Å². The number of carbonyl (C=O) groups is 1. The lowest BCUT2D eigenvalue weighted by molar-refractivity contribution is 0.102. The van der Waals surface area contributed by atoms with Gasteiger partial charge in [-0.05, 0) is 25.0 Å². The highest BCUT2D eigenvalue weighted by Crippen LogP contribution is 2.39. The molecule has 0 radical (unpaired) electrons. The number of anilines is 1. The quantitative estimate of drug-likeness (QED) is 0.860. The molecule has 0 bridgehead atoms. The van der Waals surface area contributed by atoms with Crippen molar-refractivity contribution in [3.63, 3.8) is 0 Å². The molecule has 0 aromatic carbocycles. The number of pyridine rings is 1. The number of aromatic nitrogens is 3. The first-order valence-electron chi connectivity index (χ1n) is 5.49. The average molecular weight is 265 g/mol. The van der Waals surface area contributed by atoms with Crippen LogP contribution in [0, 0.1) is 0 Å². The minimum Gasteiger partial charge on any atom is -0.408 e. The molecule has 3 rings (SSSR count). The predicted molar refractivity (Wildman–Crippen MR) is 63.5 cm³/mol. The van der Waals surface area contributed by atoms with Crippen LogP contribution >= 0.6 is 11.6 Å². The summed E-state index contributed by atoms with van der Waals surface area (Å²) < 4.78 is 5.32. The first kappa shape index (κ1) is 11.2. The van der Waals surface area contributed by atoms with Gasteiger partial charge in [-0.1, -0.05) is 16.7 Å². The Hall–Kier alpha value is -1.95. The van der Waals surface area contributed by atoms with Crippen LogP contribution < -0.4 is 5.32 Å². The van der Waals surface area contributed by atoms with Crippen LogP contribution in [0.5, 0.6) is 0 Å². The molecule has 7 heteroatoms. The molecule has 2 aromatic rings. The van der Waals surface area contributed by atoms with E-state index < -0.39 is 5.91 Å². The second kappa shape index (κ2) is 4.38. The Morgan fingerprint density at radius 1 is 1.44 bits per heavy atom. The van der Waals surface area contributed by atoms with Crippen molar-refractivity contribution in [1.82, 2.24) is 15.2 Å². The second-order valence-corrected chi connectivity index (χ2v) is 4.37. The SMILES string of the molecule is O=C(Nc1nnc(C2CC2)o1)c1cccnc1Cl. The number of rotatable bonds is 3. The number of nitrogens with one attached hydrogen (secondary N) is 1. The molecule has 1 aliphatic rings. The van der Waals surface area contributed by atoms with Crippen LogP contribution in [0.15, 0.2) is 22.7 Å². The van der Waals surface area contributed by atoms with Crippen molar-refractivity contribution < 1.29 is 9.21 Å². The van der Waals surface area contributed by atoms with Crippen LogP contribution in [0.25, 0.3) is 0 Å². The van der Waals surface area contributed by atoms with Crippen LogP contribution in [0.2, 0.25) is 5.15 Å². The molecular formula is C11H9ClN4O2. The van der Waals surface area contributed by atoms with Crippen LogP contribution in [-0.4, -0.2) is 21.1 Å². The maximum absolute atomic E-state index is 11.9. The van der Waals surface area contributed by atoms with Crippen molar-refractivity contribution in [2.45, 2.75) is 18.8 Å². The lowest BCUT2D eigenvalue weighted by Gasteiger charge is -2.01. The smallest absolute Gasteiger partial charge is 0.322 e. The van der Waals surface area contributed by atoms with Crippen LogP contribution in [-0.2, 0) is 0 Å². The largest absolute Gasteiger partial charge is 0.408 e. The van der Waals surface area contributed by atoms with E-state index in [1.807, 2.05) is 0 Å². The Labute approximate surface area is 107 Å². The third-order valence-corrected chi connectivity index (χ3v) is 2.89. The average Bonchev–Trinajstić information content (AvgIpc) is 3.11. The maximum atomic E-state index is 11.9. The summed E-state index contributed by atoms with van der Waals surface area (Å²) in [6, 6.07) is 3.29. The summed E-state index contributed by atoms with van der Waals surface area (Å²) in [6.07, 6.45) is 3.63. The summed E-state index contributed by atoms with van der Waals surface area (Å²) in [5.41, 5.74) is 0.269. The molecule has 1 fully saturated rings. The standard InChI is InChI=1S/C11H9ClN4O2/c12-8-7(2-1-5-13-8)9(17)14-11-16-15-10(18-11)6-3-4-6/h1-2,5-6H,3-4H2,(H,14,16,17). The van der Waals surface area contributed by atoms with Crippen LogP contribution in [0.3, 0.4) is 0 Å². The molecule has 1 saturated carbocycles. The molecule has 0 spiro atoms. The number of carbonyl (C=O) groups excluding carboxylic acids is 1. The molecule has 92 valence electrons. The van der Waals surface area contributed by atoms with Crippen molar-refractivity contribution in [1.29, 1.82) is 0 Å². The van der Waals surface area contributed by atoms with Gasteiger partial charge in [-0.3, -0.25) is 10.1 Å². The number of hydrogen-bond acceptors (Lipinski definition) is 5. The number of hydrogen-bond donors (Lipinski definition) is 1. The zero-order chi connectivity index (χ0) is 12.5. The number of halogens is 1. The normalized spacial score (nSPS) is 14.5. The van der Waals surface area contributed by atoms with E-state index in [1.165, 1.54) is 6.20 Å². The molecule has 0 atom stereocenters. The molecule has 0 aliphatic heterocycles. The van der Waals surface area contributed by atoms with E-state index >= 15 is 0 Å². The van der Waals surface area contributed by atoms with Gasteiger partial charge in [0.25, 0.3) is 5.91 Å². The molecule has 2 aromatic heterocycles. The van der Waals surface area contributed by atoms with E-state index in [-0.39, 0.29) is 16.7 Å². The number of nitrogens with zero attached hydrogens (tertiary/aromatic N) is 3. The van der Waals surface area contributed by atoms with Gasteiger partial charge in [0.2, 0.25) is 5.89 Å². The van der Waals surface area contributed by atoms with Gasteiger partial charge >= 0.3 is 6.01 Å². The van der Waals surface area contributed by atoms with Gasteiger partial charge in [0.15, 0.2) is 0 Å². The van der Waals surface area contributed by atoms with E-state index in [2.05, 4.69) is 20.5 Å². The molecule has 18 heavy (non-hydrogen) atoms. The van der Waals surface area contributed by atoms with Gasteiger partial charge in [-0.25, -0.2) is 4.98 Å². The lowest BCUT2D eigenvalue weighted by Crippen LogP contribution is -2.13. The zero-order valence-electron chi connectivity index (χ0n) is 9.26.